The predicted octanol–water partition coefficient (Wildman–Crippen LogP) is 5.98. The lowest BCUT2D eigenvalue weighted by Gasteiger charge is -2.35. The molecule has 2 saturated heterocycles. The molecule has 2 unspecified atom stereocenters. The van der Waals surface area contributed by atoms with E-state index in [9.17, 15) is 10.2 Å². The molecule has 0 saturated carbocycles. The van der Waals surface area contributed by atoms with Crippen LogP contribution in [0.1, 0.15) is 49.7 Å². The first-order valence-electron chi connectivity index (χ1n) is 16.7. The molecule has 0 aliphatic carbocycles. The van der Waals surface area contributed by atoms with Gasteiger partial charge in [0.1, 0.15) is 23.0 Å². The average molecular weight is 657 g/mol. The molecule has 0 spiro atoms. The van der Waals surface area contributed by atoms with Crippen LogP contribution in [0, 0.1) is 0 Å². The summed E-state index contributed by atoms with van der Waals surface area (Å²) >= 11 is 0. The Hall–Kier alpha value is -3.86. The number of hydrogen-bond donors (Lipinski definition) is 2. The lowest BCUT2D eigenvalue weighted by atomic mass is 10.2. The first kappa shape index (κ1) is 33.1. The van der Waals surface area contributed by atoms with Crippen molar-refractivity contribution in [2.24, 2.45) is 0 Å². The molecule has 248 valence electrons. The summed E-state index contributed by atoms with van der Waals surface area (Å²) < 4.78 is 39.4. The van der Waals surface area contributed by atoms with E-state index in [0.29, 0.717) is 50.8 Å². The Morgan fingerprint density at radius 3 is 1.38 bits per heavy atom. The molecule has 0 radical (unpaired) electrons. The van der Waals surface area contributed by atoms with E-state index in [0.717, 1.165) is 60.0 Å². The fourth-order valence-corrected chi connectivity index (χ4v) is 9.36. The number of phenols is 2. The quantitative estimate of drug-likeness (QED) is 0.160. The molecule has 9 heteroatoms. The Kier molecular flexibility index (Phi) is 11.5. The zero-order chi connectivity index (χ0) is 32.3. The van der Waals surface area contributed by atoms with E-state index in [2.05, 4.69) is 0 Å². The van der Waals surface area contributed by atoms with Crippen molar-refractivity contribution >= 4 is 18.9 Å². The summed E-state index contributed by atoms with van der Waals surface area (Å²) in [6.45, 7) is 2.05. The lowest BCUT2D eigenvalue weighted by Crippen LogP contribution is -2.64. The summed E-state index contributed by atoms with van der Waals surface area (Å²) in [7, 11) is -3.60. The molecule has 2 fully saturated rings. The van der Waals surface area contributed by atoms with Crippen molar-refractivity contribution in [3.8, 4) is 23.0 Å². The molecule has 2 heterocycles. The van der Waals surface area contributed by atoms with Crippen LogP contribution in [-0.2, 0) is 31.2 Å². The second-order valence-electron chi connectivity index (χ2n) is 12.0. The van der Waals surface area contributed by atoms with Crippen LogP contribution in [0.4, 0.5) is 0 Å². The predicted molar refractivity (Wildman–Crippen MR) is 182 cm³/mol. The first-order valence-corrected chi connectivity index (χ1v) is 18.5. The highest BCUT2D eigenvalue weighted by Gasteiger charge is 2.48. The van der Waals surface area contributed by atoms with Crippen molar-refractivity contribution in [1.29, 1.82) is 0 Å². The van der Waals surface area contributed by atoms with Gasteiger partial charge in [0.25, 0.3) is 0 Å². The van der Waals surface area contributed by atoms with Gasteiger partial charge in [-0.2, -0.15) is 0 Å². The molecule has 2 aliphatic heterocycles. The highest BCUT2D eigenvalue weighted by Crippen LogP contribution is 2.27. The molecule has 0 bridgehead atoms. The second kappa shape index (κ2) is 16.3. The van der Waals surface area contributed by atoms with E-state index in [-0.39, 0.29) is 24.1 Å². The van der Waals surface area contributed by atoms with E-state index >= 15 is 0 Å². The molecule has 2 aliphatic rings. The molecule has 4 aromatic rings. The zero-order valence-corrected chi connectivity index (χ0v) is 27.7. The molecular formula is C38H44O8Si. The third kappa shape index (κ3) is 8.74. The largest absolute Gasteiger partial charge is 0.508 e. The van der Waals surface area contributed by atoms with Crippen molar-refractivity contribution in [2.45, 2.75) is 63.9 Å². The summed E-state index contributed by atoms with van der Waals surface area (Å²) in [4.78, 5) is 0. The van der Waals surface area contributed by atoms with Crippen molar-refractivity contribution in [2.75, 3.05) is 26.4 Å². The Bertz CT molecular complexity index is 1420. The molecule has 8 nitrogen and oxygen atoms in total. The number of benzene rings is 4. The maximum absolute atomic E-state index is 9.84. The van der Waals surface area contributed by atoms with Crippen LogP contribution >= 0.6 is 0 Å². The van der Waals surface area contributed by atoms with Gasteiger partial charge in [-0.1, -0.05) is 60.7 Å². The molecular weight excluding hydrogens is 612 g/mol. The van der Waals surface area contributed by atoms with Gasteiger partial charge in [0, 0.05) is 36.4 Å². The minimum Gasteiger partial charge on any atom is -0.508 e. The van der Waals surface area contributed by atoms with Crippen LogP contribution in [-0.4, -0.2) is 57.8 Å². The maximum Gasteiger partial charge on any atom is 0.414 e. The number of para-hydroxylation sites is 2. The zero-order valence-electron chi connectivity index (χ0n) is 26.7. The fraction of sp³-hybridized carbons (Fsp3) is 0.368. The molecule has 0 aromatic heterocycles. The molecule has 4 aromatic carbocycles. The van der Waals surface area contributed by atoms with Crippen LogP contribution in [0.25, 0.3) is 0 Å². The van der Waals surface area contributed by atoms with Crippen molar-refractivity contribution < 1.29 is 38.0 Å². The van der Waals surface area contributed by atoms with Crippen LogP contribution < -0.4 is 19.8 Å². The van der Waals surface area contributed by atoms with Gasteiger partial charge in [-0.05, 0) is 86.1 Å². The van der Waals surface area contributed by atoms with Gasteiger partial charge < -0.3 is 38.0 Å². The number of ether oxygens (including phenoxy) is 4. The maximum atomic E-state index is 9.84. The van der Waals surface area contributed by atoms with Gasteiger partial charge in [0.15, 0.2) is 12.6 Å². The summed E-state index contributed by atoms with van der Waals surface area (Å²) in [5.74, 6) is 1.79. The fourth-order valence-electron chi connectivity index (χ4n) is 6.02. The first-order chi connectivity index (χ1) is 23.1. The Balaban J connectivity index is 1.41. The monoisotopic (exact) mass is 656 g/mol. The normalized spacial score (nSPS) is 18.5. The van der Waals surface area contributed by atoms with Crippen molar-refractivity contribution in [1.82, 2.24) is 0 Å². The van der Waals surface area contributed by atoms with Gasteiger partial charge in [-0.15, -0.1) is 0 Å². The number of aromatic hydroxyl groups is 2. The molecule has 6 rings (SSSR count). The van der Waals surface area contributed by atoms with Gasteiger partial charge >= 0.3 is 8.56 Å². The minimum atomic E-state index is -3.60. The second-order valence-corrected chi connectivity index (χ2v) is 14.9. The topological polar surface area (TPSA) is 95.8 Å². The highest BCUT2D eigenvalue weighted by atomic mass is 28.4. The van der Waals surface area contributed by atoms with Crippen LogP contribution in [0.3, 0.4) is 0 Å². The Morgan fingerprint density at radius 1 is 0.553 bits per heavy atom. The van der Waals surface area contributed by atoms with Crippen molar-refractivity contribution in [3.63, 3.8) is 0 Å². The van der Waals surface area contributed by atoms with Gasteiger partial charge in [0.05, 0.1) is 13.2 Å². The Morgan fingerprint density at radius 2 is 0.979 bits per heavy atom. The van der Waals surface area contributed by atoms with Gasteiger partial charge in [-0.25, -0.2) is 0 Å². The molecule has 2 atom stereocenters. The number of rotatable bonds is 14. The third-order valence-electron chi connectivity index (χ3n) is 8.54. The molecule has 2 N–H and O–H groups in total. The van der Waals surface area contributed by atoms with E-state index < -0.39 is 8.56 Å². The van der Waals surface area contributed by atoms with Gasteiger partial charge in [-0.3, -0.25) is 0 Å². The summed E-state index contributed by atoms with van der Waals surface area (Å²) in [5, 5.41) is 21.4. The standard InChI is InChI=1S/C38H44O8Si/c39-31-19-15-29(16-20-31)23-27-43-47(44-28-24-30-17-21-32(40)22-18-30,35-11-3-1-9-33(35)45-37-13-5-7-25-41-37)36-12-4-2-10-34(36)46-38-14-6-8-26-42-38/h1-4,9-12,15-22,37-40H,5-8,13-14,23-28H2. The SMILES string of the molecule is Oc1ccc(CCO[Si](OCCc2ccc(O)cc2)(c2ccccc2OC2CCCCO2)c2ccccc2OC2CCCCO2)cc1. The summed E-state index contributed by atoms with van der Waals surface area (Å²) in [5.41, 5.74) is 2.07. The Labute approximate surface area is 278 Å². The van der Waals surface area contributed by atoms with E-state index in [1.807, 2.05) is 72.8 Å². The molecule has 0 amide bonds. The van der Waals surface area contributed by atoms with Crippen LogP contribution in [0.2, 0.25) is 0 Å². The number of phenolic OH excluding ortho intramolecular Hbond substituents is 2. The lowest BCUT2D eigenvalue weighted by molar-refractivity contribution is -0.105. The van der Waals surface area contributed by atoms with Crippen LogP contribution in [0.5, 0.6) is 23.0 Å². The molecule has 47 heavy (non-hydrogen) atoms. The highest BCUT2D eigenvalue weighted by molar-refractivity contribution is 6.93. The van der Waals surface area contributed by atoms with Crippen molar-refractivity contribution in [3.05, 3.63) is 108 Å². The summed E-state index contributed by atoms with van der Waals surface area (Å²) in [6, 6.07) is 30.3. The van der Waals surface area contributed by atoms with Gasteiger partial charge in [0.2, 0.25) is 0 Å². The minimum absolute atomic E-state index is 0.225. The summed E-state index contributed by atoms with van der Waals surface area (Å²) in [6.07, 6.45) is 6.26. The van der Waals surface area contributed by atoms with Crippen LogP contribution in [0.15, 0.2) is 97.1 Å². The van der Waals surface area contributed by atoms with E-state index in [1.165, 1.54) is 0 Å². The third-order valence-corrected chi connectivity index (χ3v) is 12.0. The average Bonchev–Trinajstić information content (AvgIpc) is 3.11. The van der Waals surface area contributed by atoms with E-state index in [4.69, 9.17) is 27.8 Å². The van der Waals surface area contributed by atoms with E-state index in [1.54, 1.807) is 24.3 Å². The number of hydrogen-bond acceptors (Lipinski definition) is 8. The smallest absolute Gasteiger partial charge is 0.414 e.